The summed E-state index contributed by atoms with van der Waals surface area (Å²) in [6.07, 6.45) is 1.12. The predicted molar refractivity (Wildman–Crippen MR) is 106 cm³/mol. The van der Waals surface area contributed by atoms with E-state index in [0.717, 1.165) is 26.8 Å². The number of amides is 1. The first-order chi connectivity index (χ1) is 12.6. The van der Waals surface area contributed by atoms with Crippen LogP contribution in [0.5, 0.6) is 0 Å². The van der Waals surface area contributed by atoms with E-state index in [2.05, 4.69) is 34.8 Å². The summed E-state index contributed by atoms with van der Waals surface area (Å²) in [6, 6.07) is 5.30. The van der Waals surface area contributed by atoms with Crippen LogP contribution in [0.2, 0.25) is 0 Å². The summed E-state index contributed by atoms with van der Waals surface area (Å²) >= 11 is 3.42. The second kappa shape index (κ2) is 8.68. The zero-order chi connectivity index (χ0) is 19.9. The molecule has 8 heteroatoms. The van der Waals surface area contributed by atoms with Gasteiger partial charge in [0.05, 0.1) is 6.04 Å². The molecule has 28 heavy (non-hydrogen) atoms. The first-order valence-corrected chi connectivity index (χ1v) is 9.63. The topological polar surface area (TPSA) is 67.6 Å². The van der Waals surface area contributed by atoms with E-state index in [1.165, 1.54) is 0 Å². The van der Waals surface area contributed by atoms with E-state index in [0.29, 0.717) is 30.2 Å². The number of nitrogens with zero attached hydrogens (tertiary/aromatic N) is 3. The monoisotopic (exact) mass is 522 g/mol. The third kappa shape index (κ3) is 4.69. The molecule has 0 unspecified atom stereocenters. The molecular formula is C20H24BrN3O3Y-2. The molecule has 1 N–H and O–H groups in total. The fourth-order valence-corrected chi connectivity index (χ4v) is 3.67. The van der Waals surface area contributed by atoms with Crippen molar-refractivity contribution in [3.63, 3.8) is 0 Å². The Morgan fingerprint density at radius 2 is 2.04 bits per heavy atom. The molecule has 1 radical (unpaired) electrons. The minimum absolute atomic E-state index is 0. The molecule has 0 spiro atoms. The van der Waals surface area contributed by atoms with Gasteiger partial charge in [-0.05, 0) is 38.1 Å². The summed E-state index contributed by atoms with van der Waals surface area (Å²) in [4.78, 5) is 18.8. The Balaban J connectivity index is 0.00000280. The molecule has 1 fully saturated rings. The van der Waals surface area contributed by atoms with E-state index in [-0.39, 0.29) is 38.8 Å². The zero-order valence-electron chi connectivity index (χ0n) is 16.4. The number of rotatable bonds is 2. The normalized spacial score (nSPS) is 16.7. The van der Waals surface area contributed by atoms with E-state index in [4.69, 9.17) is 4.74 Å². The molecule has 2 heterocycles. The number of imidazole rings is 1. The van der Waals surface area contributed by atoms with Gasteiger partial charge in [-0.25, -0.2) is 22.0 Å². The van der Waals surface area contributed by atoms with Crippen molar-refractivity contribution >= 4 is 22.0 Å². The fourth-order valence-electron chi connectivity index (χ4n) is 3.26. The van der Waals surface area contributed by atoms with Gasteiger partial charge in [-0.1, -0.05) is 27.7 Å². The van der Waals surface area contributed by atoms with Crippen LogP contribution in [0.25, 0.3) is 11.3 Å². The number of aromatic nitrogens is 2. The van der Waals surface area contributed by atoms with Gasteiger partial charge in [-0.2, -0.15) is 18.6 Å². The first kappa shape index (κ1) is 23.1. The van der Waals surface area contributed by atoms with Crippen molar-refractivity contribution in [1.82, 2.24) is 14.6 Å². The Morgan fingerprint density at radius 1 is 1.36 bits per heavy atom. The summed E-state index contributed by atoms with van der Waals surface area (Å²) in [5, 5.41) is 10.6. The fraction of sp³-hybridized carbons (Fsp3) is 0.400. The summed E-state index contributed by atoms with van der Waals surface area (Å²) in [6.45, 7) is 14.1. The molecule has 1 atom stereocenters. The number of likely N-dealkylation sites (tertiary alicyclic amines) is 1. The van der Waals surface area contributed by atoms with Gasteiger partial charge in [0.25, 0.3) is 0 Å². The van der Waals surface area contributed by atoms with Gasteiger partial charge in [-0.3, -0.25) is 4.90 Å². The van der Waals surface area contributed by atoms with Crippen molar-refractivity contribution in [1.29, 1.82) is 0 Å². The molecule has 0 aliphatic carbocycles. The number of carbonyl (C=O) groups excluding carboxylic acids is 1. The van der Waals surface area contributed by atoms with Crippen molar-refractivity contribution in [3.05, 3.63) is 53.6 Å². The van der Waals surface area contributed by atoms with Crippen LogP contribution in [0.1, 0.15) is 56.7 Å². The molecule has 149 valence electrons. The van der Waals surface area contributed by atoms with E-state index in [1.807, 2.05) is 39.0 Å². The third-order valence-corrected chi connectivity index (χ3v) is 4.97. The molecule has 6 nitrogen and oxygen atoms in total. The van der Waals surface area contributed by atoms with Crippen molar-refractivity contribution in [2.75, 3.05) is 6.54 Å². The Kier molecular flexibility index (Phi) is 7.16. The number of benzene rings is 1. The number of halogens is 1. The van der Waals surface area contributed by atoms with Crippen LogP contribution in [0.3, 0.4) is 0 Å². The quantitative estimate of drug-likeness (QED) is 0.446. The SMILES string of the molecule is [CH2-]c1cc(Br)ccc1-c1nc([C@@H]2CCCN2C(=O)OC(C)(C)C)n(O)c1[CH2-].[Y]. The van der Waals surface area contributed by atoms with Gasteiger partial charge in [0, 0.05) is 39.3 Å². The standard InChI is InChI=1S/C20H24BrN3O3.Y/c1-12-11-14(21)8-9-15(12)17-13(2)24(26)18(22-17)16-7-6-10-23(16)19(25)27-20(3,4)5;/h8-9,11,16,26H,1-2,6-7,10H2,3-5H3;/q-2;/t16-;/m0./s1. The van der Waals surface area contributed by atoms with Crippen molar-refractivity contribution < 1.29 is 47.4 Å². The number of ether oxygens (including phenoxy) is 1. The molecule has 3 rings (SSSR count). The number of hydrogen-bond donors (Lipinski definition) is 1. The summed E-state index contributed by atoms with van der Waals surface area (Å²) in [7, 11) is 0. The molecule has 0 bridgehead atoms. The van der Waals surface area contributed by atoms with Crippen molar-refractivity contribution in [2.45, 2.75) is 45.3 Å². The molecule has 1 amide bonds. The average Bonchev–Trinajstić information content (AvgIpc) is 3.13. The number of hydrogen-bond acceptors (Lipinski definition) is 4. The Morgan fingerprint density at radius 3 is 2.64 bits per heavy atom. The van der Waals surface area contributed by atoms with Crippen LogP contribution in [0.15, 0.2) is 22.7 Å². The Labute approximate surface area is 199 Å². The van der Waals surface area contributed by atoms with Gasteiger partial charge >= 0.3 is 6.09 Å². The molecule has 1 aromatic heterocycles. The van der Waals surface area contributed by atoms with Crippen LogP contribution >= 0.6 is 15.9 Å². The van der Waals surface area contributed by atoms with E-state index in [1.54, 1.807) is 4.90 Å². The second-order valence-electron chi connectivity index (χ2n) is 7.71. The van der Waals surface area contributed by atoms with Crippen LogP contribution in [0.4, 0.5) is 4.79 Å². The van der Waals surface area contributed by atoms with E-state index < -0.39 is 11.7 Å². The van der Waals surface area contributed by atoms with Crippen LogP contribution in [-0.2, 0) is 37.4 Å². The zero-order valence-corrected chi connectivity index (χ0v) is 20.8. The first-order valence-electron chi connectivity index (χ1n) is 8.84. The van der Waals surface area contributed by atoms with Crippen LogP contribution in [0, 0.1) is 13.8 Å². The molecule has 2 aromatic rings. The Hall–Kier alpha value is -1.18. The minimum Gasteiger partial charge on any atom is -0.444 e. The molecule has 1 aromatic carbocycles. The smallest absolute Gasteiger partial charge is 0.410 e. The van der Waals surface area contributed by atoms with Crippen molar-refractivity contribution in [3.8, 4) is 11.3 Å². The van der Waals surface area contributed by atoms with E-state index in [9.17, 15) is 10.0 Å². The predicted octanol–water partition coefficient (Wildman–Crippen LogP) is 4.98. The maximum Gasteiger partial charge on any atom is 0.410 e. The molecule has 1 aliphatic rings. The minimum atomic E-state index is -0.582. The third-order valence-electron chi connectivity index (χ3n) is 4.47. The van der Waals surface area contributed by atoms with Gasteiger partial charge in [0.15, 0.2) is 0 Å². The van der Waals surface area contributed by atoms with Crippen molar-refractivity contribution in [2.24, 2.45) is 0 Å². The van der Waals surface area contributed by atoms with Gasteiger partial charge in [-0.15, -0.1) is 11.8 Å². The Bertz CT molecular complexity index is 876. The second-order valence-corrected chi connectivity index (χ2v) is 8.63. The summed E-state index contributed by atoms with van der Waals surface area (Å²) in [5.41, 5.74) is 1.91. The van der Waals surface area contributed by atoms with Gasteiger partial charge in [0.2, 0.25) is 0 Å². The molecular weight excluding hydrogens is 499 g/mol. The number of carbonyl (C=O) groups is 1. The molecule has 1 aliphatic heterocycles. The summed E-state index contributed by atoms with van der Waals surface area (Å²) < 4.78 is 7.40. The van der Waals surface area contributed by atoms with Gasteiger partial charge < -0.3 is 14.9 Å². The molecule has 1 saturated heterocycles. The molecule has 0 saturated carbocycles. The van der Waals surface area contributed by atoms with Crippen LogP contribution in [-0.4, -0.2) is 38.1 Å². The maximum atomic E-state index is 12.6. The average molecular weight is 523 g/mol. The maximum absolute atomic E-state index is 12.6. The summed E-state index contributed by atoms with van der Waals surface area (Å²) in [5.74, 6) is 0.390. The van der Waals surface area contributed by atoms with E-state index >= 15 is 0 Å². The largest absolute Gasteiger partial charge is 0.444 e. The van der Waals surface area contributed by atoms with Crippen LogP contribution < -0.4 is 0 Å². The van der Waals surface area contributed by atoms with Gasteiger partial charge in [0.1, 0.15) is 11.4 Å².